The molecule has 0 radical (unpaired) electrons. The average molecular weight is 338 g/mol. The molecule has 1 aromatic rings. The van der Waals surface area contributed by atoms with Crippen molar-refractivity contribution in [2.45, 2.75) is 51.7 Å². The van der Waals surface area contributed by atoms with Crippen LogP contribution in [0.1, 0.15) is 38.7 Å². The van der Waals surface area contributed by atoms with E-state index in [1.165, 1.54) is 24.8 Å². The van der Waals surface area contributed by atoms with Crippen molar-refractivity contribution >= 4 is 15.9 Å². The van der Waals surface area contributed by atoms with Crippen LogP contribution in [-0.4, -0.2) is 18.7 Å². The third kappa shape index (κ3) is 3.04. The number of ether oxygens (including phenoxy) is 1. The molecule has 1 saturated carbocycles. The molecule has 4 unspecified atom stereocenters. The normalized spacial score (nSPS) is 32.8. The largest absolute Gasteiger partial charge is 0.488 e. The van der Waals surface area contributed by atoms with Gasteiger partial charge in [-0.3, -0.25) is 0 Å². The topological polar surface area (TPSA) is 21.3 Å². The molecule has 2 aliphatic rings. The first-order valence-corrected chi connectivity index (χ1v) is 8.61. The fraction of sp³-hybridized carbons (Fsp3) is 0.647. The summed E-state index contributed by atoms with van der Waals surface area (Å²) in [6, 6.07) is 6.98. The van der Waals surface area contributed by atoms with Gasteiger partial charge in [-0.15, -0.1) is 0 Å². The zero-order valence-electron chi connectivity index (χ0n) is 12.4. The number of benzene rings is 1. The van der Waals surface area contributed by atoms with Gasteiger partial charge in [0.25, 0.3) is 0 Å². The summed E-state index contributed by atoms with van der Waals surface area (Å²) in [6.07, 6.45) is 5.39. The number of hydrogen-bond acceptors (Lipinski definition) is 2. The van der Waals surface area contributed by atoms with Crippen LogP contribution in [0.3, 0.4) is 0 Å². The zero-order chi connectivity index (χ0) is 14.1. The van der Waals surface area contributed by atoms with E-state index >= 15 is 0 Å². The minimum absolute atomic E-state index is 0.295. The highest BCUT2D eigenvalue weighted by atomic mass is 79.9. The first-order valence-electron chi connectivity index (χ1n) is 7.82. The summed E-state index contributed by atoms with van der Waals surface area (Å²) in [6.45, 7) is 5.74. The van der Waals surface area contributed by atoms with Crippen molar-refractivity contribution in [3.63, 3.8) is 0 Å². The second-order valence-electron chi connectivity index (χ2n) is 6.48. The van der Waals surface area contributed by atoms with Crippen molar-refractivity contribution < 1.29 is 4.74 Å². The minimum atomic E-state index is 0.295. The molecule has 0 bridgehead atoms. The molecule has 4 atom stereocenters. The summed E-state index contributed by atoms with van der Waals surface area (Å²) < 4.78 is 7.17. The quantitative estimate of drug-likeness (QED) is 0.893. The van der Waals surface area contributed by atoms with Gasteiger partial charge in [0.05, 0.1) is 0 Å². The highest BCUT2D eigenvalue weighted by Gasteiger charge is 2.29. The maximum Gasteiger partial charge on any atom is 0.123 e. The predicted molar refractivity (Wildman–Crippen MR) is 86.2 cm³/mol. The Hall–Kier alpha value is -0.540. The Morgan fingerprint density at radius 1 is 1.30 bits per heavy atom. The molecule has 2 nitrogen and oxygen atoms in total. The lowest BCUT2D eigenvalue weighted by molar-refractivity contribution is 0.173. The van der Waals surface area contributed by atoms with Gasteiger partial charge in [-0.2, -0.15) is 0 Å². The number of rotatable bonds is 3. The second-order valence-corrected chi connectivity index (χ2v) is 7.39. The number of fused-ring (bicyclic) bond motifs is 1. The highest BCUT2D eigenvalue weighted by Crippen LogP contribution is 2.32. The molecular formula is C17H24BrNO. The van der Waals surface area contributed by atoms with E-state index in [0.29, 0.717) is 12.1 Å². The summed E-state index contributed by atoms with van der Waals surface area (Å²) in [5, 5.41) is 3.76. The maximum atomic E-state index is 6.03. The lowest BCUT2D eigenvalue weighted by atomic mass is 9.78. The Morgan fingerprint density at radius 3 is 3.00 bits per heavy atom. The predicted octanol–water partition coefficient (Wildman–Crippen LogP) is 4.17. The fourth-order valence-corrected chi connectivity index (χ4v) is 3.96. The molecule has 1 N–H and O–H groups in total. The smallest absolute Gasteiger partial charge is 0.123 e. The minimum Gasteiger partial charge on any atom is -0.488 e. The Balaban J connectivity index is 1.53. The van der Waals surface area contributed by atoms with Crippen LogP contribution in [-0.2, 0) is 6.42 Å². The number of hydrogen-bond donors (Lipinski definition) is 1. The van der Waals surface area contributed by atoms with E-state index in [9.17, 15) is 0 Å². The lowest BCUT2D eigenvalue weighted by Gasteiger charge is -2.35. The van der Waals surface area contributed by atoms with E-state index in [0.717, 1.165) is 35.0 Å². The molecule has 1 aliphatic carbocycles. The highest BCUT2D eigenvalue weighted by molar-refractivity contribution is 9.10. The molecule has 1 aliphatic heterocycles. The van der Waals surface area contributed by atoms with Gasteiger partial charge in [0.15, 0.2) is 0 Å². The van der Waals surface area contributed by atoms with E-state index in [2.05, 4.69) is 53.3 Å². The summed E-state index contributed by atoms with van der Waals surface area (Å²) in [5.74, 6) is 2.69. The van der Waals surface area contributed by atoms with Crippen LogP contribution in [0.25, 0.3) is 0 Å². The molecule has 0 aromatic heterocycles. The molecule has 3 heteroatoms. The van der Waals surface area contributed by atoms with Crippen molar-refractivity contribution in [1.29, 1.82) is 0 Å². The molecule has 1 heterocycles. The Bertz CT molecular complexity index is 476. The summed E-state index contributed by atoms with van der Waals surface area (Å²) in [4.78, 5) is 0. The molecule has 20 heavy (non-hydrogen) atoms. The van der Waals surface area contributed by atoms with Crippen molar-refractivity contribution in [1.82, 2.24) is 5.32 Å². The van der Waals surface area contributed by atoms with E-state index in [-0.39, 0.29) is 0 Å². The standard InChI is InChI=1S/C17H24BrNO/c1-11-4-3-5-16(12(11)2)19-10-15-9-13-8-14(18)6-7-17(13)20-15/h6-8,11-12,15-16,19H,3-5,9-10H2,1-2H3. The Kier molecular flexibility index (Phi) is 4.37. The van der Waals surface area contributed by atoms with Crippen LogP contribution < -0.4 is 10.1 Å². The van der Waals surface area contributed by atoms with Crippen molar-refractivity contribution in [2.75, 3.05) is 6.54 Å². The number of nitrogens with one attached hydrogen (secondary N) is 1. The van der Waals surface area contributed by atoms with E-state index in [1.807, 2.05) is 0 Å². The van der Waals surface area contributed by atoms with E-state index in [4.69, 9.17) is 4.74 Å². The van der Waals surface area contributed by atoms with Crippen LogP contribution in [0.4, 0.5) is 0 Å². The second kappa shape index (κ2) is 6.07. The van der Waals surface area contributed by atoms with Gasteiger partial charge in [-0.05, 0) is 42.0 Å². The van der Waals surface area contributed by atoms with Gasteiger partial charge in [-0.25, -0.2) is 0 Å². The molecule has 0 saturated heterocycles. The van der Waals surface area contributed by atoms with Crippen molar-refractivity contribution in [2.24, 2.45) is 11.8 Å². The van der Waals surface area contributed by atoms with Crippen molar-refractivity contribution in [3.05, 3.63) is 28.2 Å². The molecule has 0 spiro atoms. The third-order valence-corrected chi connectivity index (χ3v) is 5.57. The maximum absolute atomic E-state index is 6.03. The summed E-state index contributed by atoms with van der Waals surface area (Å²) in [7, 11) is 0. The number of halogens is 1. The first kappa shape index (κ1) is 14.4. The van der Waals surface area contributed by atoms with Gasteiger partial charge < -0.3 is 10.1 Å². The molecule has 1 fully saturated rings. The van der Waals surface area contributed by atoms with Crippen LogP contribution in [0.5, 0.6) is 5.75 Å². The fourth-order valence-electron chi connectivity index (χ4n) is 3.56. The van der Waals surface area contributed by atoms with Gasteiger partial charge in [0.1, 0.15) is 11.9 Å². The molecular weight excluding hydrogens is 314 g/mol. The SMILES string of the molecule is CC1CCCC(NCC2Cc3cc(Br)ccc3O2)C1C. The average Bonchev–Trinajstić information content (AvgIpc) is 2.82. The zero-order valence-corrected chi connectivity index (χ0v) is 13.9. The van der Waals surface area contributed by atoms with E-state index in [1.54, 1.807) is 0 Å². The lowest BCUT2D eigenvalue weighted by Crippen LogP contribution is -2.44. The van der Waals surface area contributed by atoms with Gasteiger partial charge in [0.2, 0.25) is 0 Å². The summed E-state index contributed by atoms with van der Waals surface area (Å²) >= 11 is 3.53. The van der Waals surface area contributed by atoms with Crippen LogP contribution >= 0.6 is 15.9 Å². The first-order chi connectivity index (χ1) is 9.63. The Morgan fingerprint density at radius 2 is 2.15 bits per heavy atom. The molecule has 0 amide bonds. The molecule has 1 aromatic carbocycles. The van der Waals surface area contributed by atoms with Gasteiger partial charge in [0, 0.05) is 23.5 Å². The van der Waals surface area contributed by atoms with Crippen molar-refractivity contribution in [3.8, 4) is 5.75 Å². The molecule has 3 rings (SSSR count). The van der Waals surface area contributed by atoms with Crippen LogP contribution in [0.15, 0.2) is 22.7 Å². The van der Waals surface area contributed by atoms with Crippen LogP contribution in [0.2, 0.25) is 0 Å². The molecule has 110 valence electrons. The van der Waals surface area contributed by atoms with Gasteiger partial charge >= 0.3 is 0 Å². The third-order valence-electron chi connectivity index (χ3n) is 5.08. The monoisotopic (exact) mass is 337 g/mol. The van der Waals surface area contributed by atoms with Crippen LogP contribution in [0, 0.1) is 11.8 Å². The Labute approximate surface area is 130 Å². The van der Waals surface area contributed by atoms with Gasteiger partial charge in [-0.1, -0.05) is 42.6 Å². The summed E-state index contributed by atoms with van der Waals surface area (Å²) in [5.41, 5.74) is 1.33. The van der Waals surface area contributed by atoms with E-state index < -0.39 is 0 Å².